The molecule has 2 aromatic rings. The van der Waals surface area contributed by atoms with Crippen LogP contribution < -0.4 is 4.74 Å². The number of carbonyl (C=O) groups is 1. The predicted molar refractivity (Wildman–Crippen MR) is 94.2 cm³/mol. The third kappa shape index (κ3) is 5.48. The summed E-state index contributed by atoms with van der Waals surface area (Å²) in [7, 11) is 0. The lowest BCUT2D eigenvalue weighted by Gasteiger charge is -2.31. The minimum absolute atomic E-state index is 0.0465. The summed E-state index contributed by atoms with van der Waals surface area (Å²) < 4.78 is 62.8. The van der Waals surface area contributed by atoms with Crippen LogP contribution in [0.3, 0.4) is 0 Å². The van der Waals surface area contributed by atoms with Crippen LogP contribution in [0.25, 0.3) is 0 Å². The van der Waals surface area contributed by atoms with Crippen LogP contribution in [0.5, 0.6) is 5.88 Å². The first kappa shape index (κ1) is 22.0. The summed E-state index contributed by atoms with van der Waals surface area (Å²) in [5, 5.41) is 7.12. The molecule has 4 heterocycles. The van der Waals surface area contributed by atoms with Crippen molar-refractivity contribution in [3.8, 4) is 5.88 Å². The number of carboxylic acids is 1. The highest BCUT2D eigenvalue weighted by Gasteiger charge is 2.46. The van der Waals surface area contributed by atoms with E-state index in [-0.39, 0.29) is 24.1 Å². The second-order valence-corrected chi connectivity index (χ2v) is 6.80. The Labute approximate surface area is 169 Å². The quantitative estimate of drug-likeness (QED) is 0.743. The zero-order valence-electron chi connectivity index (χ0n) is 15.7. The Balaban J connectivity index is 0.000000318. The minimum atomic E-state index is -5.08. The van der Waals surface area contributed by atoms with Crippen molar-refractivity contribution in [3.63, 3.8) is 0 Å². The molecular formula is C19H20F4N2O5. The molecule has 2 aromatic heterocycles. The number of hydrogen-bond donors (Lipinski definition) is 1. The number of fused-ring (bicyclic) bond motifs is 1. The van der Waals surface area contributed by atoms with Gasteiger partial charge in [0.15, 0.2) is 5.82 Å². The van der Waals surface area contributed by atoms with Gasteiger partial charge in [0.25, 0.3) is 5.88 Å². The van der Waals surface area contributed by atoms with Crippen molar-refractivity contribution in [2.75, 3.05) is 13.2 Å². The summed E-state index contributed by atoms with van der Waals surface area (Å²) in [5.41, 5.74) is 0. The van der Waals surface area contributed by atoms with Crippen molar-refractivity contribution in [1.29, 1.82) is 0 Å². The highest BCUT2D eigenvalue weighted by Crippen LogP contribution is 2.32. The van der Waals surface area contributed by atoms with E-state index in [9.17, 15) is 17.6 Å². The molecule has 2 saturated heterocycles. The van der Waals surface area contributed by atoms with E-state index in [2.05, 4.69) is 9.88 Å². The summed E-state index contributed by atoms with van der Waals surface area (Å²) in [4.78, 5) is 15.2. The third-order valence-corrected chi connectivity index (χ3v) is 4.75. The molecule has 3 atom stereocenters. The van der Waals surface area contributed by atoms with Crippen LogP contribution in [0.1, 0.15) is 18.6 Å². The van der Waals surface area contributed by atoms with E-state index in [1.54, 1.807) is 12.3 Å². The maximum absolute atomic E-state index is 13.8. The number of aromatic nitrogens is 1. The Morgan fingerprint density at radius 3 is 2.73 bits per heavy atom. The van der Waals surface area contributed by atoms with Crippen LogP contribution >= 0.6 is 0 Å². The Hall–Kier alpha value is -2.66. The van der Waals surface area contributed by atoms with Gasteiger partial charge < -0.3 is 19.0 Å². The fourth-order valence-electron chi connectivity index (χ4n) is 3.49. The van der Waals surface area contributed by atoms with E-state index in [0.717, 1.165) is 25.2 Å². The van der Waals surface area contributed by atoms with Gasteiger partial charge in [-0.15, -0.1) is 0 Å². The normalized spacial score (nSPS) is 23.9. The average molecular weight is 432 g/mol. The monoisotopic (exact) mass is 432 g/mol. The molecule has 0 amide bonds. The summed E-state index contributed by atoms with van der Waals surface area (Å²) >= 11 is 0. The maximum Gasteiger partial charge on any atom is 0.490 e. The molecule has 0 aliphatic carbocycles. The molecule has 164 valence electrons. The lowest BCUT2D eigenvalue weighted by atomic mass is 10.0. The molecule has 11 heteroatoms. The fourth-order valence-corrected chi connectivity index (χ4v) is 3.49. The molecule has 2 fully saturated rings. The summed E-state index contributed by atoms with van der Waals surface area (Å²) in [6, 6.07) is 7.03. The molecular weight excluding hydrogens is 412 g/mol. The van der Waals surface area contributed by atoms with Crippen molar-refractivity contribution in [2.24, 2.45) is 0 Å². The lowest BCUT2D eigenvalue weighted by molar-refractivity contribution is -0.192. The van der Waals surface area contributed by atoms with Crippen LogP contribution in [0, 0.1) is 5.82 Å². The second kappa shape index (κ2) is 9.43. The van der Waals surface area contributed by atoms with Crippen LogP contribution in [0.15, 0.2) is 41.1 Å². The highest BCUT2D eigenvalue weighted by molar-refractivity contribution is 5.73. The number of hydrogen-bond acceptors (Lipinski definition) is 6. The standard InChI is InChI=1S/C17H19FN2O3.C2HF3O2/c18-13-5-1-7-19-17(13)23-15-11-20(10-12-4-2-8-21-12)14-6-3-9-22-16(14)15;3-2(4,5)1(6)7/h1-2,4-5,7-8,14-16H,3,6,9-11H2;(H,6,7)/t14-,15-,16+;/m1./s1. The van der Waals surface area contributed by atoms with E-state index < -0.39 is 18.0 Å². The zero-order chi connectivity index (χ0) is 21.7. The highest BCUT2D eigenvalue weighted by atomic mass is 19.4. The van der Waals surface area contributed by atoms with Gasteiger partial charge in [-0.05, 0) is 37.1 Å². The van der Waals surface area contributed by atoms with E-state index in [1.165, 1.54) is 12.3 Å². The van der Waals surface area contributed by atoms with Gasteiger partial charge in [0.1, 0.15) is 18.0 Å². The Bertz CT molecular complexity index is 831. The fraction of sp³-hybridized carbons (Fsp3) is 0.474. The topological polar surface area (TPSA) is 85.0 Å². The molecule has 2 aliphatic heterocycles. The number of ether oxygens (including phenoxy) is 2. The van der Waals surface area contributed by atoms with Crippen LogP contribution in [-0.2, 0) is 16.1 Å². The second-order valence-electron chi connectivity index (χ2n) is 6.80. The molecule has 2 aliphatic rings. The average Bonchev–Trinajstić information content (AvgIpc) is 3.33. The van der Waals surface area contributed by atoms with Crippen LogP contribution in [0.4, 0.5) is 17.6 Å². The molecule has 0 aromatic carbocycles. The first-order valence-electron chi connectivity index (χ1n) is 9.21. The molecule has 0 spiro atoms. The van der Waals surface area contributed by atoms with Gasteiger partial charge in [-0.2, -0.15) is 13.2 Å². The summed E-state index contributed by atoms with van der Waals surface area (Å²) in [6.45, 7) is 2.11. The van der Waals surface area contributed by atoms with Crippen LogP contribution in [-0.4, -0.2) is 58.5 Å². The van der Waals surface area contributed by atoms with Crippen LogP contribution in [0.2, 0.25) is 0 Å². The molecule has 7 nitrogen and oxygen atoms in total. The van der Waals surface area contributed by atoms with E-state index in [0.29, 0.717) is 13.1 Å². The molecule has 1 N–H and O–H groups in total. The molecule has 0 unspecified atom stereocenters. The Kier molecular flexibility index (Phi) is 6.93. The van der Waals surface area contributed by atoms with Crippen molar-refractivity contribution < 1.29 is 41.4 Å². The molecule has 4 rings (SSSR count). The predicted octanol–water partition coefficient (Wildman–Crippen LogP) is 3.26. The molecule has 0 saturated carbocycles. The largest absolute Gasteiger partial charge is 0.490 e. The van der Waals surface area contributed by atoms with Gasteiger partial charge in [0.05, 0.1) is 12.8 Å². The van der Waals surface area contributed by atoms with E-state index in [4.69, 9.17) is 23.8 Å². The summed E-state index contributed by atoms with van der Waals surface area (Å²) in [6.07, 6.45) is -0.0685. The number of carboxylic acid groups (broad SMARTS) is 1. The number of aliphatic carboxylic acids is 1. The smallest absolute Gasteiger partial charge is 0.475 e. The SMILES string of the molecule is Fc1cccnc1O[C@@H]1CN(Cc2ccco2)[C@@H]2CCCO[C@@H]21.O=C(O)C(F)(F)F. The zero-order valence-corrected chi connectivity index (χ0v) is 15.7. The first-order valence-corrected chi connectivity index (χ1v) is 9.21. The third-order valence-electron chi connectivity index (χ3n) is 4.75. The van der Waals surface area contributed by atoms with Crippen molar-refractivity contribution in [2.45, 2.75) is 43.8 Å². The van der Waals surface area contributed by atoms with E-state index >= 15 is 0 Å². The van der Waals surface area contributed by atoms with E-state index in [1.807, 2.05) is 12.1 Å². The number of furan rings is 1. The molecule has 0 radical (unpaired) electrons. The van der Waals surface area contributed by atoms with Gasteiger partial charge in [0.2, 0.25) is 0 Å². The summed E-state index contributed by atoms with van der Waals surface area (Å²) in [5.74, 6) is -2.24. The van der Waals surface area contributed by atoms with Gasteiger partial charge in [-0.1, -0.05) is 0 Å². The first-order chi connectivity index (χ1) is 14.3. The number of alkyl halides is 3. The van der Waals surface area contributed by atoms with Gasteiger partial charge >= 0.3 is 12.1 Å². The molecule has 30 heavy (non-hydrogen) atoms. The number of rotatable bonds is 4. The van der Waals surface area contributed by atoms with Crippen molar-refractivity contribution >= 4 is 5.97 Å². The minimum Gasteiger partial charge on any atom is -0.475 e. The van der Waals surface area contributed by atoms with Crippen molar-refractivity contribution in [3.05, 3.63) is 48.3 Å². The number of halogens is 4. The number of likely N-dealkylation sites (tertiary alicyclic amines) is 1. The molecule has 0 bridgehead atoms. The van der Waals surface area contributed by atoms with Gasteiger partial charge in [-0.25, -0.2) is 14.2 Å². The lowest BCUT2D eigenvalue weighted by Crippen LogP contribution is -2.42. The maximum atomic E-state index is 13.8. The Morgan fingerprint density at radius 1 is 1.33 bits per heavy atom. The van der Waals surface area contributed by atoms with Gasteiger partial charge in [0, 0.05) is 25.4 Å². The Morgan fingerprint density at radius 2 is 2.10 bits per heavy atom. The van der Waals surface area contributed by atoms with Crippen molar-refractivity contribution in [1.82, 2.24) is 9.88 Å². The number of nitrogens with zero attached hydrogens (tertiary/aromatic N) is 2. The number of pyridine rings is 1. The van der Waals surface area contributed by atoms with Gasteiger partial charge in [-0.3, -0.25) is 4.90 Å².